The Labute approximate surface area is 214 Å². The van der Waals surface area contributed by atoms with Crippen molar-refractivity contribution >= 4 is 44.1 Å². The molecule has 2 aromatic rings. The van der Waals surface area contributed by atoms with Crippen molar-refractivity contribution in [1.82, 2.24) is 4.98 Å². The van der Waals surface area contributed by atoms with Crippen molar-refractivity contribution in [1.29, 1.82) is 0 Å². The largest absolute Gasteiger partial charge is 0.504 e. The fraction of sp³-hybridized carbons (Fsp3) is 0.400. The summed E-state index contributed by atoms with van der Waals surface area (Å²) in [5.74, 6) is 0.248. The van der Waals surface area contributed by atoms with Crippen LogP contribution in [0.1, 0.15) is 37.9 Å². The zero-order chi connectivity index (χ0) is 25.0. The summed E-state index contributed by atoms with van der Waals surface area (Å²) in [5.41, 5.74) is 3.49. The van der Waals surface area contributed by atoms with Gasteiger partial charge in [0.1, 0.15) is 5.25 Å². The number of allylic oxidation sites excluding steroid dienone is 1. The third kappa shape index (κ3) is 5.81. The molecule has 2 atom stereocenters. The lowest BCUT2D eigenvalue weighted by atomic mass is 9.90. The molecule has 1 aliphatic rings. The van der Waals surface area contributed by atoms with E-state index in [2.05, 4.69) is 4.98 Å². The Morgan fingerprint density at radius 1 is 1.32 bits per heavy atom. The lowest BCUT2D eigenvalue weighted by Crippen LogP contribution is -2.29. The Bertz CT molecular complexity index is 1190. The molecule has 0 aliphatic carbocycles. The maximum absolute atomic E-state index is 12.6. The molecule has 0 spiro atoms. The molecule has 0 radical (unpaired) electrons. The Hall–Kier alpha value is -1.95. The van der Waals surface area contributed by atoms with Gasteiger partial charge in [0, 0.05) is 6.20 Å². The van der Waals surface area contributed by atoms with Crippen LogP contribution in [-0.2, 0) is 9.84 Å². The second-order valence-corrected chi connectivity index (χ2v) is 12.0. The van der Waals surface area contributed by atoms with E-state index in [0.717, 1.165) is 16.8 Å². The number of hydrogen-bond donors (Lipinski definition) is 3. The van der Waals surface area contributed by atoms with Gasteiger partial charge in [-0.05, 0) is 94.0 Å². The first-order chi connectivity index (χ1) is 16.1. The van der Waals surface area contributed by atoms with Gasteiger partial charge in [0.05, 0.1) is 34.8 Å². The van der Waals surface area contributed by atoms with Crippen molar-refractivity contribution in [2.24, 2.45) is 5.92 Å². The molecular formula is C25H30INO6S. The minimum Gasteiger partial charge on any atom is -0.504 e. The average Bonchev–Trinajstić information content (AvgIpc) is 3.09. The van der Waals surface area contributed by atoms with Crippen molar-refractivity contribution in [3.05, 3.63) is 62.5 Å². The highest BCUT2D eigenvalue weighted by Gasteiger charge is 2.41. The SMILES string of the molecule is COc1cc(/C=C(/CC[C@@H](O)C2=C(C(C)C)CS(=O)(=O)[C@H]2CO)c2ccccn2)cc(I)c1O. The van der Waals surface area contributed by atoms with Gasteiger partial charge in [-0.3, -0.25) is 4.98 Å². The van der Waals surface area contributed by atoms with Crippen molar-refractivity contribution in [3.63, 3.8) is 0 Å². The Balaban J connectivity index is 1.95. The van der Waals surface area contributed by atoms with Crippen LogP contribution in [0.5, 0.6) is 11.5 Å². The van der Waals surface area contributed by atoms with Gasteiger partial charge in [0.2, 0.25) is 0 Å². The molecule has 7 nitrogen and oxygen atoms in total. The summed E-state index contributed by atoms with van der Waals surface area (Å²) in [7, 11) is -2.04. The number of halogens is 1. The molecule has 1 aromatic carbocycles. The second kappa shape index (κ2) is 11.2. The van der Waals surface area contributed by atoms with Crippen molar-refractivity contribution < 1.29 is 28.5 Å². The third-order valence-electron chi connectivity index (χ3n) is 6.02. The minimum absolute atomic E-state index is 0.0479. The predicted octanol–water partition coefficient (Wildman–Crippen LogP) is 3.82. The number of phenols is 1. The summed E-state index contributed by atoms with van der Waals surface area (Å²) in [5, 5.41) is 30.0. The molecule has 0 amide bonds. The van der Waals surface area contributed by atoms with Crippen molar-refractivity contribution in [3.8, 4) is 11.5 Å². The van der Waals surface area contributed by atoms with E-state index in [1.165, 1.54) is 7.11 Å². The fourth-order valence-corrected chi connectivity index (χ4v) is 6.93. The van der Waals surface area contributed by atoms with Crippen LogP contribution in [0.4, 0.5) is 0 Å². The molecule has 0 saturated carbocycles. The molecule has 3 rings (SSSR count). The average molecular weight is 599 g/mol. The molecule has 34 heavy (non-hydrogen) atoms. The maximum Gasteiger partial charge on any atom is 0.171 e. The van der Waals surface area contributed by atoms with Crippen LogP contribution >= 0.6 is 22.6 Å². The van der Waals surface area contributed by atoms with Gasteiger partial charge < -0.3 is 20.1 Å². The van der Waals surface area contributed by atoms with E-state index < -0.39 is 27.8 Å². The van der Waals surface area contributed by atoms with E-state index in [1.54, 1.807) is 12.3 Å². The summed E-state index contributed by atoms with van der Waals surface area (Å²) in [6, 6.07) is 9.11. The summed E-state index contributed by atoms with van der Waals surface area (Å²) in [6.45, 7) is 3.26. The topological polar surface area (TPSA) is 117 Å². The van der Waals surface area contributed by atoms with Gasteiger partial charge in [-0.15, -0.1) is 0 Å². The standard InChI is InChI=1S/C25H30INO6S/c1-15(2)18-14-34(31,32)23(13-28)24(18)21(29)8-7-17(20-6-4-5-9-27-20)10-16-11-19(26)25(30)22(12-16)33-3/h4-6,9-12,15,21,23,28-30H,7-8,13-14H2,1-3H3/b17-10-/t21-,23+/m1/s1. The number of aliphatic hydroxyl groups is 2. The summed E-state index contributed by atoms with van der Waals surface area (Å²) < 4.78 is 31.1. The van der Waals surface area contributed by atoms with Gasteiger partial charge in [0.15, 0.2) is 21.3 Å². The molecule has 0 unspecified atom stereocenters. The summed E-state index contributed by atoms with van der Waals surface area (Å²) in [4.78, 5) is 4.45. The number of ether oxygens (including phenoxy) is 1. The van der Waals surface area contributed by atoms with Crippen LogP contribution in [0.2, 0.25) is 0 Å². The number of hydrogen-bond acceptors (Lipinski definition) is 7. The number of rotatable bonds is 9. The van der Waals surface area contributed by atoms with E-state index in [1.807, 2.05) is 66.8 Å². The first kappa shape index (κ1) is 26.7. The maximum atomic E-state index is 12.6. The Morgan fingerprint density at radius 2 is 2.06 bits per heavy atom. The van der Waals surface area contributed by atoms with E-state index in [9.17, 15) is 23.7 Å². The van der Waals surface area contributed by atoms with Crippen LogP contribution in [0.3, 0.4) is 0 Å². The highest BCUT2D eigenvalue weighted by molar-refractivity contribution is 14.1. The number of phenolic OH excluding ortho intramolecular Hbond substituents is 1. The number of aromatic hydroxyl groups is 1. The van der Waals surface area contributed by atoms with Gasteiger partial charge in [-0.2, -0.15) is 0 Å². The van der Waals surface area contributed by atoms with E-state index in [-0.39, 0.29) is 23.8 Å². The first-order valence-electron chi connectivity index (χ1n) is 11.0. The van der Waals surface area contributed by atoms with Crippen LogP contribution < -0.4 is 4.74 Å². The number of aromatic nitrogens is 1. The highest BCUT2D eigenvalue weighted by atomic mass is 127. The summed E-state index contributed by atoms with van der Waals surface area (Å²) >= 11 is 2.03. The molecule has 9 heteroatoms. The molecule has 0 fully saturated rings. The number of sulfone groups is 1. The molecule has 0 bridgehead atoms. The predicted molar refractivity (Wildman–Crippen MR) is 141 cm³/mol. The monoisotopic (exact) mass is 599 g/mol. The minimum atomic E-state index is -3.53. The van der Waals surface area contributed by atoms with Gasteiger partial charge in [0.25, 0.3) is 0 Å². The van der Waals surface area contributed by atoms with E-state index >= 15 is 0 Å². The molecular weight excluding hydrogens is 569 g/mol. The lowest BCUT2D eigenvalue weighted by Gasteiger charge is -2.20. The fourth-order valence-electron chi connectivity index (χ4n) is 4.25. The number of aliphatic hydroxyl groups excluding tert-OH is 2. The number of benzene rings is 1. The van der Waals surface area contributed by atoms with Crippen LogP contribution in [0.15, 0.2) is 47.7 Å². The van der Waals surface area contributed by atoms with Crippen molar-refractivity contribution in [2.45, 2.75) is 38.0 Å². The summed E-state index contributed by atoms with van der Waals surface area (Å²) in [6.07, 6.45) is 3.29. The number of pyridine rings is 1. The number of nitrogens with zero attached hydrogens (tertiary/aromatic N) is 1. The van der Waals surface area contributed by atoms with Crippen molar-refractivity contribution in [2.75, 3.05) is 19.5 Å². The van der Waals surface area contributed by atoms with Crippen LogP contribution in [-0.4, -0.2) is 59.5 Å². The molecule has 0 saturated heterocycles. The normalized spacial score (nSPS) is 19.0. The Kier molecular flexibility index (Phi) is 8.77. The molecule has 1 aromatic heterocycles. The van der Waals surface area contributed by atoms with Crippen LogP contribution in [0.25, 0.3) is 11.6 Å². The smallest absolute Gasteiger partial charge is 0.171 e. The van der Waals surface area contributed by atoms with E-state index in [0.29, 0.717) is 26.9 Å². The van der Waals surface area contributed by atoms with E-state index in [4.69, 9.17) is 4.74 Å². The Morgan fingerprint density at radius 3 is 2.65 bits per heavy atom. The van der Waals surface area contributed by atoms with Gasteiger partial charge >= 0.3 is 0 Å². The molecule has 2 heterocycles. The molecule has 184 valence electrons. The zero-order valence-corrected chi connectivity index (χ0v) is 22.4. The molecule has 3 N–H and O–H groups in total. The second-order valence-electron chi connectivity index (χ2n) is 8.61. The first-order valence-corrected chi connectivity index (χ1v) is 13.8. The van der Waals surface area contributed by atoms with Gasteiger partial charge in [-0.25, -0.2) is 8.42 Å². The number of methoxy groups -OCH3 is 1. The van der Waals surface area contributed by atoms with Crippen LogP contribution in [0, 0.1) is 9.49 Å². The molecule has 1 aliphatic heterocycles. The van der Waals surface area contributed by atoms with Gasteiger partial charge in [-0.1, -0.05) is 19.9 Å². The quantitative estimate of drug-likeness (QED) is 0.297. The lowest BCUT2D eigenvalue weighted by molar-refractivity contribution is 0.189. The zero-order valence-electron chi connectivity index (χ0n) is 19.4. The third-order valence-corrected chi connectivity index (χ3v) is 8.83. The highest BCUT2D eigenvalue weighted by Crippen LogP contribution is 2.37.